The zero-order chi connectivity index (χ0) is 20.6. The summed E-state index contributed by atoms with van der Waals surface area (Å²) in [6.07, 6.45) is 0.613. The Morgan fingerprint density at radius 1 is 1.24 bits per heavy atom. The lowest BCUT2D eigenvalue weighted by molar-refractivity contribution is 0.0939. The fourth-order valence-electron chi connectivity index (χ4n) is 2.92. The van der Waals surface area contributed by atoms with Crippen LogP contribution in [0.3, 0.4) is 0 Å². The first-order valence-corrected chi connectivity index (χ1v) is 10.2. The maximum absolute atomic E-state index is 12.4. The quantitative estimate of drug-likeness (QED) is 0.613. The Kier molecular flexibility index (Phi) is 7.25. The third-order valence-electron chi connectivity index (χ3n) is 4.44. The van der Waals surface area contributed by atoms with E-state index in [4.69, 9.17) is 9.47 Å². The predicted molar refractivity (Wildman–Crippen MR) is 111 cm³/mol. The van der Waals surface area contributed by atoms with Crippen LogP contribution in [0.2, 0.25) is 0 Å². The normalized spacial score (nSPS) is 13.7. The zero-order valence-electron chi connectivity index (χ0n) is 16.5. The van der Waals surface area contributed by atoms with Crippen molar-refractivity contribution in [2.24, 2.45) is 0 Å². The molecule has 29 heavy (non-hydrogen) atoms. The summed E-state index contributed by atoms with van der Waals surface area (Å²) in [5.41, 5.74) is 6.43. The number of aromatic nitrogens is 1. The zero-order valence-corrected chi connectivity index (χ0v) is 17.3. The van der Waals surface area contributed by atoms with Gasteiger partial charge in [-0.25, -0.2) is 15.2 Å². The minimum Gasteiger partial charge on any atom is -0.496 e. The maximum atomic E-state index is 12.4. The molecule has 2 aromatic rings. The number of aryl methyl sites for hydroxylation is 1. The number of methoxy groups -OCH3 is 1. The van der Waals surface area contributed by atoms with E-state index in [0.717, 1.165) is 29.5 Å². The summed E-state index contributed by atoms with van der Waals surface area (Å²) in [5.74, 6) is 0.388. The number of para-hydroxylation sites is 1. The first kappa shape index (κ1) is 20.9. The Balaban J connectivity index is 1.45. The van der Waals surface area contributed by atoms with Crippen molar-refractivity contribution < 1.29 is 19.1 Å². The highest BCUT2D eigenvalue weighted by molar-refractivity contribution is 7.17. The molecule has 1 saturated heterocycles. The lowest BCUT2D eigenvalue weighted by atomic mass is 10.1. The molecule has 0 saturated carbocycles. The van der Waals surface area contributed by atoms with Crippen LogP contribution in [0.1, 0.15) is 20.9 Å². The highest BCUT2D eigenvalue weighted by Gasteiger charge is 2.20. The van der Waals surface area contributed by atoms with Crippen LogP contribution in [0.25, 0.3) is 0 Å². The van der Waals surface area contributed by atoms with Crippen molar-refractivity contribution in [2.75, 3.05) is 44.9 Å². The van der Waals surface area contributed by atoms with Gasteiger partial charge in [0.15, 0.2) is 5.13 Å². The average Bonchev–Trinajstić information content (AvgIpc) is 3.15. The van der Waals surface area contributed by atoms with Crippen molar-refractivity contribution >= 4 is 28.4 Å². The Hall–Kier alpha value is -2.85. The number of rotatable bonds is 6. The molecular weight excluding hydrogens is 394 g/mol. The van der Waals surface area contributed by atoms with Crippen molar-refractivity contribution in [3.8, 4) is 5.75 Å². The summed E-state index contributed by atoms with van der Waals surface area (Å²) < 4.78 is 10.6. The minimum absolute atomic E-state index is 0.389. The molecule has 10 heteroatoms. The molecule has 2 heterocycles. The van der Waals surface area contributed by atoms with Gasteiger partial charge in [0.1, 0.15) is 10.6 Å². The molecule has 0 atom stereocenters. The van der Waals surface area contributed by atoms with E-state index < -0.39 is 6.03 Å². The minimum atomic E-state index is -0.483. The molecular formula is C19H25N5O4S. The molecule has 0 bridgehead atoms. The van der Waals surface area contributed by atoms with Gasteiger partial charge in [-0.2, -0.15) is 0 Å². The van der Waals surface area contributed by atoms with Crippen molar-refractivity contribution in [3.05, 3.63) is 40.4 Å². The second-order valence-corrected chi connectivity index (χ2v) is 7.38. The largest absolute Gasteiger partial charge is 0.496 e. The van der Waals surface area contributed by atoms with Crippen LogP contribution in [0.4, 0.5) is 9.93 Å². The molecule has 0 radical (unpaired) electrons. The number of carbonyl (C=O) groups excluding carboxylic acids is 2. The second kappa shape index (κ2) is 10.1. The van der Waals surface area contributed by atoms with Crippen LogP contribution in [0, 0.1) is 6.92 Å². The smallest absolute Gasteiger partial charge is 0.333 e. The van der Waals surface area contributed by atoms with Crippen LogP contribution in [-0.2, 0) is 11.2 Å². The number of benzene rings is 1. The summed E-state index contributed by atoms with van der Waals surface area (Å²) in [4.78, 5) is 31.4. The standard InChI is InChI=1S/C19H25N5O4S/c1-13-16(29-19(21-13)24-9-11-28-12-10-24)17(25)22-23-18(26)20-8-7-14-5-3-4-6-15(14)27-2/h3-6H,7-12H2,1-2H3,(H,22,25)(H2,20,23,26). The Morgan fingerprint density at radius 3 is 2.76 bits per heavy atom. The van der Waals surface area contributed by atoms with Gasteiger partial charge in [-0.05, 0) is 25.0 Å². The molecule has 3 amide bonds. The van der Waals surface area contributed by atoms with E-state index in [2.05, 4.69) is 26.1 Å². The monoisotopic (exact) mass is 419 g/mol. The topological polar surface area (TPSA) is 105 Å². The van der Waals surface area contributed by atoms with Crippen molar-refractivity contribution in [1.29, 1.82) is 0 Å². The number of nitrogens with zero attached hydrogens (tertiary/aromatic N) is 2. The summed E-state index contributed by atoms with van der Waals surface area (Å²) >= 11 is 1.31. The van der Waals surface area contributed by atoms with E-state index in [1.54, 1.807) is 14.0 Å². The van der Waals surface area contributed by atoms with Crippen LogP contribution >= 0.6 is 11.3 Å². The predicted octanol–water partition coefficient (Wildman–Crippen LogP) is 1.48. The fraction of sp³-hybridized carbons (Fsp3) is 0.421. The number of urea groups is 1. The molecule has 0 spiro atoms. The van der Waals surface area contributed by atoms with Crippen LogP contribution in [-0.4, -0.2) is 56.9 Å². The molecule has 3 rings (SSSR count). The summed E-state index contributed by atoms with van der Waals surface area (Å²) in [6, 6.07) is 7.14. The molecule has 1 aliphatic heterocycles. The van der Waals surface area contributed by atoms with E-state index in [9.17, 15) is 9.59 Å². The van der Waals surface area contributed by atoms with E-state index >= 15 is 0 Å². The third kappa shape index (κ3) is 5.58. The van der Waals surface area contributed by atoms with Crippen molar-refractivity contribution in [3.63, 3.8) is 0 Å². The fourth-order valence-corrected chi connectivity index (χ4v) is 3.93. The van der Waals surface area contributed by atoms with Gasteiger partial charge >= 0.3 is 6.03 Å². The molecule has 1 aromatic heterocycles. The van der Waals surface area contributed by atoms with E-state index in [1.807, 2.05) is 24.3 Å². The van der Waals surface area contributed by atoms with Gasteiger partial charge in [0.2, 0.25) is 0 Å². The van der Waals surface area contributed by atoms with Gasteiger partial charge in [0.05, 0.1) is 26.0 Å². The number of morpholine rings is 1. The Labute approximate surface area is 173 Å². The van der Waals surface area contributed by atoms with Gasteiger partial charge in [-0.15, -0.1) is 0 Å². The first-order chi connectivity index (χ1) is 14.1. The summed E-state index contributed by atoms with van der Waals surface area (Å²) in [7, 11) is 1.61. The molecule has 3 N–H and O–H groups in total. The molecule has 9 nitrogen and oxygen atoms in total. The number of nitrogens with one attached hydrogen (secondary N) is 3. The number of anilines is 1. The number of thiazole rings is 1. The first-order valence-electron chi connectivity index (χ1n) is 9.34. The second-order valence-electron chi connectivity index (χ2n) is 6.41. The highest BCUT2D eigenvalue weighted by Crippen LogP contribution is 2.26. The molecule has 1 fully saturated rings. The maximum Gasteiger partial charge on any atom is 0.333 e. The highest BCUT2D eigenvalue weighted by atomic mass is 32.1. The number of hydrogen-bond donors (Lipinski definition) is 3. The molecule has 0 aliphatic carbocycles. The molecule has 0 unspecified atom stereocenters. The number of amides is 3. The van der Waals surface area contributed by atoms with Crippen LogP contribution < -0.4 is 25.8 Å². The number of hydrogen-bond acceptors (Lipinski definition) is 7. The van der Waals surface area contributed by atoms with Gasteiger partial charge < -0.3 is 19.7 Å². The van der Waals surface area contributed by atoms with E-state index in [-0.39, 0.29) is 5.91 Å². The van der Waals surface area contributed by atoms with E-state index in [0.29, 0.717) is 36.8 Å². The molecule has 1 aromatic carbocycles. The molecule has 1 aliphatic rings. The lowest BCUT2D eigenvalue weighted by Gasteiger charge is -2.25. The summed E-state index contributed by atoms with van der Waals surface area (Å²) in [5, 5.41) is 3.50. The lowest BCUT2D eigenvalue weighted by Crippen LogP contribution is -2.47. The van der Waals surface area contributed by atoms with Gasteiger partial charge in [0, 0.05) is 19.6 Å². The molecule has 156 valence electrons. The SMILES string of the molecule is COc1ccccc1CCNC(=O)NNC(=O)c1sc(N2CCOCC2)nc1C. The van der Waals surface area contributed by atoms with Crippen molar-refractivity contribution in [1.82, 2.24) is 21.2 Å². The number of ether oxygens (including phenoxy) is 2. The summed E-state index contributed by atoms with van der Waals surface area (Å²) in [6.45, 7) is 4.99. The number of hydrazine groups is 1. The van der Waals surface area contributed by atoms with Crippen LogP contribution in [0.15, 0.2) is 24.3 Å². The van der Waals surface area contributed by atoms with Crippen LogP contribution in [0.5, 0.6) is 5.75 Å². The number of carbonyl (C=O) groups is 2. The van der Waals surface area contributed by atoms with Gasteiger partial charge in [-0.3, -0.25) is 10.2 Å². The average molecular weight is 420 g/mol. The Morgan fingerprint density at radius 2 is 2.00 bits per heavy atom. The van der Waals surface area contributed by atoms with E-state index in [1.165, 1.54) is 11.3 Å². The Bertz CT molecular complexity index is 851. The van der Waals surface area contributed by atoms with Crippen molar-refractivity contribution in [2.45, 2.75) is 13.3 Å². The third-order valence-corrected chi connectivity index (χ3v) is 5.65. The van der Waals surface area contributed by atoms with Gasteiger partial charge in [0.25, 0.3) is 5.91 Å². The van der Waals surface area contributed by atoms with Gasteiger partial charge in [-0.1, -0.05) is 29.5 Å².